The Bertz CT molecular complexity index is 1590. The lowest BCUT2D eigenvalue weighted by atomic mass is 10.0. The van der Waals surface area contributed by atoms with Crippen LogP contribution < -0.4 is 14.8 Å². The summed E-state index contributed by atoms with van der Waals surface area (Å²) in [6.07, 6.45) is -0.603. The molecule has 1 aliphatic heterocycles. The van der Waals surface area contributed by atoms with Gasteiger partial charge in [0, 0.05) is 48.4 Å². The van der Waals surface area contributed by atoms with E-state index < -0.39 is 22.2 Å². The van der Waals surface area contributed by atoms with Crippen LogP contribution in [0.1, 0.15) is 25.0 Å². The SMILES string of the molecule is COc1cccc(NC(=O)N(C)C[C@@H]2Oc3cc(C#Cc4ccc(F)cc4)ccc3S(=O)(=O)N([C@@H](C)CO)C[C@H]2C)c1. The molecular weight excluding hydrogens is 561 g/mol. The molecule has 0 radical (unpaired) electrons. The quantitative estimate of drug-likeness (QED) is 0.415. The van der Waals surface area contributed by atoms with Gasteiger partial charge in [-0.25, -0.2) is 17.6 Å². The van der Waals surface area contributed by atoms with Crippen molar-refractivity contribution in [2.75, 3.05) is 39.2 Å². The summed E-state index contributed by atoms with van der Waals surface area (Å²) in [7, 11) is -0.871. The van der Waals surface area contributed by atoms with E-state index >= 15 is 0 Å². The van der Waals surface area contributed by atoms with Gasteiger partial charge in [0.1, 0.15) is 28.3 Å². The molecule has 3 aromatic rings. The van der Waals surface area contributed by atoms with Crippen LogP contribution in [-0.4, -0.2) is 74.8 Å². The van der Waals surface area contributed by atoms with Crippen molar-refractivity contribution in [2.24, 2.45) is 5.92 Å². The van der Waals surface area contributed by atoms with Crippen molar-refractivity contribution >= 4 is 21.7 Å². The molecule has 9 nitrogen and oxygen atoms in total. The van der Waals surface area contributed by atoms with E-state index in [0.29, 0.717) is 22.6 Å². The molecule has 2 amide bonds. The number of aliphatic hydroxyl groups is 1. The zero-order valence-corrected chi connectivity index (χ0v) is 24.7. The van der Waals surface area contributed by atoms with Crippen LogP contribution in [0.5, 0.6) is 11.5 Å². The van der Waals surface area contributed by atoms with E-state index in [-0.39, 0.29) is 48.1 Å². The minimum atomic E-state index is -4.04. The first-order valence-electron chi connectivity index (χ1n) is 13.4. The van der Waals surface area contributed by atoms with Gasteiger partial charge in [-0.3, -0.25) is 0 Å². The number of fused-ring (bicyclic) bond motifs is 1. The number of likely N-dealkylation sites (N-methyl/N-ethyl adjacent to an activating group) is 1. The molecule has 0 aromatic heterocycles. The van der Waals surface area contributed by atoms with Crippen molar-refractivity contribution in [2.45, 2.75) is 30.9 Å². The molecule has 0 saturated carbocycles. The molecule has 11 heteroatoms. The number of nitrogens with zero attached hydrogens (tertiary/aromatic N) is 2. The predicted octanol–water partition coefficient (Wildman–Crippen LogP) is 4.17. The van der Waals surface area contributed by atoms with E-state index in [1.807, 2.05) is 6.92 Å². The van der Waals surface area contributed by atoms with Gasteiger partial charge in [-0.05, 0) is 61.5 Å². The Labute approximate surface area is 245 Å². The number of anilines is 1. The van der Waals surface area contributed by atoms with E-state index in [1.54, 1.807) is 69.6 Å². The first-order valence-corrected chi connectivity index (χ1v) is 14.8. The summed E-state index contributed by atoms with van der Waals surface area (Å²) in [5.74, 6) is 5.88. The number of urea groups is 1. The lowest BCUT2D eigenvalue weighted by Gasteiger charge is -2.37. The van der Waals surface area contributed by atoms with Gasteiger partial charge in [-0.15, -0.1) is 0 Å². The Hall–Kier alpha value is -4.11. The number of carbonyl (C=O) groups excluding carboxylic acids is 1. The molecule has 0 fully saturated rings. The molecule has 0 unspecified atom stereocenters. The van der Waals surface area contributed by atoms with Crippen molar-refractivity contribution < 1.29 is 32.2 Å². The molecule has 0 bridgehead atoms. The fourth-order valence-corrected chi connectivity index (χ4v) is 6.30. The molecule has 2 N–H and O–H groups in total. The fraction of sp³-hybridized carbons (Fsp3) is 0.323. The lowest BCUT2D eigenvalue weighted by molar-refractivity contribution is 0.0830. The van der Waals surface area contributed by atoms with E-state index in [1.165, 1.54) is 27.4 Å². The van der Waals surface area contributed by atoms with Gasteiger partial charge in [0.15, 0.2) is 0 Å². The zero-order chi connectivity index (χ0) is 30.4. The van der Waals surface area contributed by atoms with Gasteiger partial charge >= 0.3 is 6.03 Å². The third kappa shape index (κ3) is 7.20. The average Bonchev–Trinajstić information content (AvgIpc) is 2.98. The third-order valence-electron chi connectivity index (χ3n) is 6.98. The number of methoxy groups -OCH3 is 1. The van der Waals surface area contributed by atoms with Crippen molar-refractivity contribution in [3.05, 3.63) is 83.7 Å². The average molecular weight is 596 g/mol. The number of amides is 2. The molecule has 42 heavy (non-hydrogen) atoms. The Morgan fingerprint density at radius 2 is 1.86 bits per heavy atom. The minimum Gasteiger partial charge on any atom is -0.497 e. The fourth-order valence-electron chi connectivity index (χ4n) is 4.47. The summed E-state index contributed by atoms with van der Waals surface area (Å²) in [6, 6.07) is 16.2. The van der Waals surface area contributed by atoms with Crippen LogP contribution >= 0.6 is 0 Å². The van der Waals surface area contributed by atoms with Crippen LogP contribution in [0.3, 0.4) is 0 Å². The molecule has 4 rings (SSSR count). The molecular formula is C31H34FN3O6S. The maximum Gasteiger partial charge on any atom is 0.321 e. The summed E-state index contributed by atoms with van der Waals surface area (Å²) in [5, 5.41) is 12.7. The maximum atomic E-state index is 13.7. The van der Waals surface area contributed by atoms with Crippen LogP contribution in [0.2, 0.25) is 0 Å². The summed E-state index contributed by atoms with van der Waals surface area (Å²) in [4.78, 5) is 14.5. The standard InChI is InChI=1S/C31H34FN3O6S/c1-21-18-35(22(2)20-36)42(38,39)30-15-12-24(9-8-23-10-13-25(32)14-11-23)16-28(30)41-29(21)19-34(3)31(37)33-26-6-5-7-27(17-26)40-4/h5-7,10-17,21-22,29,36H,18-20H2,1-4H3,(H,33,37)/t21-,22+,29+/m1/s1. The summed E-state index contributed by atoms with van der Waals surface area (Å²) >= 11 is 0. The highest BCUT2D eigenvalue weighted by Gasteiger charge is 2.38. The van der Waals surface area contributed by atoms with Gasteiger partial charge in [-0.2, -0.15) is 4.31 Å². The highest BCUT2D eigenvalue weighted by Crippen LogP contribution is 2.34. The Balaban J connectivity index is 1.65. The molecule has 3 aromatic carbocycles. The zero-order valence-electron chi connectivity index (χ0n) is 23.9. The van der Waals surface area contributed by atoms with Crippen LogP contribution in [0.25, 0.3) is 0 Å². The molecule has 222 valence electrons. The number of ether oxygens (including phenoxy) is 2. The van der Waals surface area contributed by atoms with Gasteiger partial charge in [0.25, 0.3) is 0 Å². The van der Waals surface area contributed by atoms with Gasteiger partial charge < -0.3 is 24.8 Å². The molecule has 1 heterocycles. The number of rotatable bonds is 6. The number of hydrogen-bond donors (Lipinski definition) is 2. The van der Waals surface area contributed by atoms with Crippen LogP contribution in [0.15, 0.2) is 71.6 Å². The topological polar surface area (TPSA) is 108 Å². The van der Waals surface area contributed by atoms with Gasteiger partial charge in [-0.1, -0.05) is 24.8 Å². The Morgan fingerprint density at radius 1 is 1.17 bits per heavy atom. The normalized spacial score (nSPS) is 18.6. The van der Waals surface area contributed by atoms with E-state index in [2.05, 4.69) is 17.2 Å². The highest BCUT2D eigenvalue weighted by atomic mass is 32.2. The minimum absolute atomic E-state index is 0.0597. The van der Waals surface area contributed by atoms with Gasteiger partial charge in [0.2, 0.25) is 10.0 Å². The third-order valence-corrected chi connectivity index (χ3v) is 9.00. The van der Waals surface area contributed by atoms with Crippen LogP contribution in [-0.2, 0) is 10.0 Å². The molecule has 0 aliphatic carbocycles. The summed E-state index contributed by atoms with van der Waals surface area (Å²) in [5.41, 5.74) is 1.64. The smallest absolute Gasteiger partial charge is 0.321 e. The predicted molar refractivity (Wildman–Crippen MR) is 157 cm³/mol. The highest BCUT2D eigenvalue weighted by molar-refractivity contribution is 7.89. The molecule has 3 atom stereocenters. The number of nitrogens with one attached hydrogen (secondary N) is 1. The van der Waals surface area contributed by atoms with E-state index in [4.69, 9.17) is 9.47 Å². The second kappa shape index (κ2) is 13.2. The Kier molecular flexibility index (Phi) is 9.73. The van der Waals surface area contributed by atoms with Crippen molar-refractivity contribution in [3.8, 4) is 23.3 Å². The lowest BCUT2D eigenvalue weighted by Crippen LogP contribution is -2.50. The van der Waals surface area contributed by atoms with Crippen LogP contribution in [0, 0.1) is 23.6 Å². The number of sulfonamides is 1. The maximum absolute atomic E-state index is 13.7. The number of aliphatic hydroxyl groups excluding tert-OH is 1. The van der Waals surface area contributed by atoms with Crippen molar-refractivity contribution in [3.63, 3.8) is 0 Å². The number of halogens is 1. The van der Waals surface area contributed by atoms with Crippen molar-refractivity contribution in [1.82, 2.24) is 9.21 Å². The van der Waals surface area contributed by atoms with E-state index in [0.717, 1.165) is 0 Å². The van der Waals surface area contributed by atoms with E-state index in [9.17, 15) is 22.7 Å². The number of hydrogen-bond acceptors (Lipinski definition) is 6. The number of carbonyl (C=O) groups is 1. The number of benzene rings is 3. The van der Waals surface area contributed by atoms with Crippen LogP contribution in [0.4, 0.5) is 14.9 Å². The molecule has 0 spiro atoms. The first kappa shape index (κ1) is 30.8. The van der Waals surface area contributed by atoms with Crippen molar-refractivity contribution in [1.29, 1.82) is 0 Å². The second-order valence-corrected chi connectivity index (χ2v) is 12.1. The first-order chi connectivity index (χ1) is 20.0. The second-order valence-electron chi connectivity index (χ2n) is 10.2. The molecule has 0 saturated heterocycles. The summed E-state index contributed by atoms with van der Waals surface area (Å²) < 4.78 is 53.5. The summed E-state index contributed by atoms with van der Waals surface area (Å²) in [6.45, 7) is 3.33. The Morgan fingerprint density at radius 3 is 2.55 bits per heavy atom. The van der Waals surface area contributed by atoms with Gasteiger partial charge in [0.05, 0.1) is 20.3 Å². The molecule has 1 aliphatic rings. The largest absolute Gasteiger partial charge is 0.497 e. The monoisotopic (exact) mass is 595 g/mol.